The fourth-order valence-corrected chi connectivity index (χ4v) is 6.06. The number of nitrogens with one attached hydrogen (secondary N) is 3. The molecule has 0 aromatic rings. The maximum atomic E-state index is 12.8. The Bertz CT molecular complexity index is 1310. The molecule has 4 amide bonds. The number of hydrogen-bond donors (Lipinski definition) is 6. The van der Waals surface area contributed by atoms with Gasteiger partial charge in [0.05, 0.1) is 76.0 Å². The Morgan fingerprint density at radius 1 is 0.655 bits per heavy atom. The quantitative estimate of drug-likeness (QED) is 0.0446. The first-order valence-corrected chi connectivity index (χ1v) is 20.6. The molecule has 0 rings (SSSR count). The largest absolute Gasteiger partial charge is 0.481 e. The molecule has 2 atom stereocenters. The van der Waals surface area contributed by atoms with Crippen LogP contribution in [0.25, 0.3) is 0 Å². The summed E-state index contributed by atoms with van der Waals surface area (Å²) in [7, 11) is 0. The van der Waals surface area contributed by atoms with Gasteiger partial charge in [-0.2, -0.15) is 0 Å². The van der Waals surface area contributed by atoms with E-state index in [4.69, 9.17) is 29.8 Å². The van der Waals surface area contributed by atoms with Crippen molar-refractivity contribution in [3.05, 3.63) is 0 Å². The summed E-state index contributed by atoms with van der Waals surface area (Å²) in [6, 6.07) is 0. The van der Waals surface area contributed by atoms with E-state index < -0.39 is 46.8 Å². The monoisotopic (exact) mass is 848 g/mol. The van der Waals surface area contributed by atoms with Crippen LogP contribution >= 0.6 is 11.8 Å². The molecule has 0 aliphatic heterocycles. The summed E-state index contributed by atoms with van der Waals surface area (Å²) in [5.74, 6) is -5.21. The summed E-state index contributed by atoms with van der Waals surface area (Å²) in [4.78, 5) is 108. The van der Waals surface area contributed by atoms with Crippen LogP contribution < -0.4 is 21.7 Å². The number of nitrogens with two attached hydrogens (primary N) is 1. The molecule has 0 saturated heterocycles. The average molecular weight is 849 g/mol. The van der Waals surface area contributed by atoms with E-state index in [1.54, 1.807) is 6.92 Å². The number of carbonyl (C=O) groups is 9. The predicted octanol–water partition coefficient (Wildman–Crippen LogP) is 0.0476. The molecular formula is C38H64N4O15S. The smallest absolute Gasteiger partial charge is 0.305 e. The number of rotatable bonds is 39. The Labute approximate surface area is 344 Å². The molecule has 332 valence electrons. The highest BCUT2D eigenvalue weighted by Crippen LogP contribution is 2.21. The van der Waals surface area contributed by atoms with Crippen LogP contribution in [0.3, 0.4) is 0 Å². The van der Waals surface area contributed by atoms with Gasteiger partial charge in [0.15, 0.2) is 5.78 Å². The zero-order valence-corrected chi connectivity index (χ0v) is 34.9. The lowest BCUT2D eigenvalue weighted by Gasteiger charge is -2.25. The molecule has 0 aromatic heterocycles. The van der Waals surface area contributed by atoms with Crippen LogP contribution in [0.2, 0.25) is 0 Å². The third-order valence-corrected chi connectivity index (χ3v) is 9.69. The van der Waals surface area contributed by atoms with E-state index in [1.807, 2.05) is 0 Å². The van der Waals surface area contributed by atoms with Crippen molar-refractivity contribution < 1.29 is 72.3 Å². The van der Waals surface area contributed by atoms with Gasteiger partial charge in [-0.05, 0) is 20.3 Å². The van der Waals surface area contributed by atoms with E-state index >= 15 is 0 Å². The SMILES string of the molecule is CCC(=O)CCC(=O)CCC(=O)NCCOCCOCCOCCOCCC(=O)CC(CSC(CC(=O)O)C(=O)NCCC(=O)NC(C)(C)C(=O)CCCO)C(N)=O. The Morgan fingerprint density at radius 2 is 1.22 bits per heavy atom. The molecule has 20 heteroatoms. The van der Waals surface area contributed by atoms with Gasteiger partial charge in [0.25, 0.3) is 0 Å². The Balaban J connectivity index is 4.17. The number of aliphatic hydroxyl groups excluding tert-OH is 1. The van der Waals surface area contributed by atoms with Crippen LogP contribution in [0, 0.1) is 5.92 Å². The lowest BCUT2D eigenvalue weighted by atomic mass is 9.95. The molecule has 0 aromatic carbocycles. The zero-order valence-electron chi connectivity index (χ0n) is 34.1. The summed E-state index contributed by atoms with van der Waals surface area (Å²) in [6.45, 7) is 6.83. The highest BCUT2D eigenvalue weighted by molar-refractivity contribution is 8.00. The predicted molar refractivity (Wildman–Crippen MR) is 212 cm³/mol. The van der Waals surface area contributed by atoms with Gasteiger partial charge in [-0.1, -0.05) is 6.92 Å². The second kappa shape index (κ2) is 33.1. The van der Waals surface area contributed by atoms with Gasteiger partial charge < -0.3 is 50.8 Å². The van der Waals surface area contributed by atoms with E-state index in [0.29, 0.717) is 39.4 Å². The van der Waals surface area contributed by atoms with Gasteiger partial charge in [-0.3, -0.25) is 43.2 Å². The maximum Gasteiger partial charge on any atom is 0.305 e. The first-order chi connectivity index (χ1) is 27.5. The van der Waals surface area contributed by atoms with Gasteiger partial charge in [0.1, 0.15) is 17.3 Å². The van der Waals surface area contributed by atoms with Crippen molar-refractivity contribution in [2.24, 2.45) is 11.7 Å². The van der Waals surface area contributed by atoms with Crippen molar-refractivity contribution in [1.29, 1.82) is 0 Å². The summed E-state index contributed by atoms with van der Waals surface area (Å²) < 4.78 is 21.6. The summed E-state index contributed by atoms with van der Waals surface area (Å²) in [5.41, 5.74) is 4.31. The highest BCUT2D eigenvalue weighted by Gasteiger charge is 2.29. The number of aliphatic hydroxyl groups is 1. The molecule has 0 saturated carbocycles. The minimum Gasteiger partial charge on any atom is -0.481 e. The van der Waals surface area contributed by atoms with Crippen molar-refractivity contribution in [1.82, 2.24) is 16.0 Å². The van der Waals surface area contributed by atoms with E-state index in [1.165, 1.54) is 13.8 Å². The van der Waals surface area contributed by atoms with Crippen molar-refractivity contribution in [3.63, 3.8) is 0 Å². The lowest BCUT2D eigenvalue weighted by molar-refractivity contribution is -0.138. The van der Waals surface area contributed by atoms with Crippen molar-refractivity contribution in [3.8, 4) is 0 Å². The topological polar surface area (TPSA) is 293 Å². The number of ether oxygens (including phenoxy) is 4. The number of carbonyl (C=O) groups excluding carboxylic acids is 8. The van der Waals surface area contributed by atoms with E-state index in [-0.39, 0.29) is 132 Å². The Kier molecular flexibility index (Phi) is 30.9. The molecule has 0 bridgehead atoms. The van der Waals surface area contributed by atoms with Gasteiger partial charge >= 0.3 is 5.97 Å². The van der Waals surface area contributed by atoms with Crippen molar-refractivity contribution in [2.75, 3.05) is 78.3 Å². The molecular weight excluding hydrogens is 784 g/mol. The van der Waals surface area contributed by atoms with Crippen LogP contribution in [0.15, 0.2) is 0 Å². The Morgan fingerprint density at radius 3 is 1.79 bits per heavy atom. The van der Waals surface area contributed by atoms with Crippen molar-refractivity contribution >= 4 is 64.5 Å². The average Bonchev–Trinajstić information content (AvgIpc) is 3.16. The fraction of sp³-hybridized carbons (Fsp3) is 0.763. The molecule has 0 heterocycles. The first-order valence-electron chi connectivity index (χ1n) is 19.5. The molecule has 2 unspecified atom stereocenters. The van der Waals surface area contributed by atoms with Crippen LogP contribution in [0.4, 0.5) is 0 Å². The van der Waals surface area contributed by atoms with Gasteiger partial charge in [-0.25, -0.2) is 0 Å². The number of hydrogen-bond acceptors (Lipinski definition) is 15. The third-order valence-electron chi connectivity index (χ3n) is 8.31. The number of amides is 4. The van der Waals surface area contributed by atoms with Gasteiger partial charge in [0.2, 0.25) is 23.6 Å². The Hall–Kier alpha value is -3.82. The number of Topliss-reactive ketones (excluding diaryl/α,β-unsaturated/α-hetero) is 4. The molecule has 0 spiro atoms. The molecule has 58 heavy (non-hydrogen) atoms. The number of carboxylic acid groups (broad SMARTS) is 1. The summed E-state index contributed by atoms with van der Waals surface area (Å²) >= 11 is 0.865. The molecule has 0 aliphatic rings. The minimum atomic E-state index is -1.27. The summed E-state index contributed by atoms with van der Waals surface area (Å²) in [5, 5.41) is 24.8. The van der Waals surface area contributed by atoms with E-state index in [2.05, 4.69) is 16.0 Å². The first kappa shape index (κ1) is 54.2. The van der Waals surface area contributed by atoms with Gasteiger partial charge in [0, 0.05) is 83.2 Å². The number of thioether (sulfide) groups is 1. The maximum absolute atomic E-state index is 12.8. The second-order valence-corrected chi connectivity index (χ2v) is 14.9. The molecule has 0 fully saturated rings. The number of primary amides is 1. The normalized spacial score (nSPS) is 12.3. The zero-order chi connectivity index (χ0) is 43.8. The second-order valence-electron chi connectivity index (χ2n) is 13.7. The number of carboxylic acids is 1. The van der Waals surface area contributed by atoms with Crippen LogP contribution in [-0.4, -0.2) is 152 Å². The van der Waals surface area contributed by atoms with Gasteiger partial charge in [-0.15, -0.1) is 11.8 Å². The molecule has 19 nitrogen and oxygen atoms in total. The molecule has 7 N–H and O–H groups in total. The van der Waals surface area contributed by atoms with E-state index in [9.17, 15) is 48.3 Å². The van der Waals surface area contributed by atoms with Crippen molar-refractivity contribution in [2.45, 2.75) is 102 Å². The van der Waals surface area contributed by atoms with Crippen LogP contribution in [0.5, 0.6) is 0 Å². The van der Waals surface area contributed by atoms with Crippen LogP contribution in [0.1, 0.15) is 91.4 Å². The standard InChI is InChI=1S/C38H64N4O15S/c1-4-28(44)7-8-29(45)9-10-33(48)40-14-17-55-19-21-57-23-22-56-20-18-54-16-12-30(46)24-27(36(39)52)26-58-31(25-35(50)51)37(53)41-13-11-34(49)42-38(2,3)32(47)6-5-15-43/h27,31,43H,4-26H2,1-3H3,(H2,39,52)(H,40,48)(H,41,53)(H,42,49)(H,50,51). The highest BCUT2D eigenvalue weighted by atomic mass is 32.2. The van der Waals surface area contributed by atoms with E-state index in [0.717, 1.165) is 11.8 Å². The fourth-order valence-electron chi connectivity index (χ4n) is 4.82. The molecule has 0 radical (unpaired) electrons. The number of aliphatic carboxylic acids is 1. The van der Waals surface area contributed by atoms with Crippen LogP contribution in [-0.2, 0) is 62.1 Å². The lowest BCUT2D eigenvalue weighted by Crippen LogP contribution is -2.50. The number of ketones is 4. The summed E-state index contributed by atoms with van der Waals surface area (Å²) in [6.07, 6.45) is 0.305. The minimum absolute atomic E-state index is 0.00580. The third kappa shape index (κ3) is 29.4. The molecule has 0 aliphatic carbocycles.